The van der Waals surface area contributed by atoms with Gasteiger partial charge in [-0.3, -0.25) is 20.4 Å². The number of benzene rings is 2. The number of hydrogen-bond donors (Lipinski definition) is 2. The Balaban J connectivity index is 2.08. The van der Waals surface area contributed by atoms with Crippen molar-refractivity contribution >= 4 is 23.4 Å². The van der Waals surface area contributed by atoms with E-state index < -0.39 is 5.91 Å². The van der Waals surface area contributed by atoms with Crippen molar-refractivity contribution in [3.05, 3.63) is 63.7 Å². The smallest absolute Gasteiger partial charge is 0.273 e. The lowest BCUT2D eigenvalue weighted by molar-refractivity contribution is 0.0844. The lowest BCUT2D eigenvalue weighted by Gasteiger charge is -2.12. The molecule has 0 aliphatic rings. The van der Waals surface area contributed by atoms with E-state index in [1.165, 1.54) is 19.2 Å². The predicted molar refractivity (Wildman–Crippen MR) is 88.9 cm³/mol. The molecule has 2 aromatic rings. The molecule has 2 N–H and O–H groups in total. The van der Waals surface area contributed by atoms with Gasteiger partial charge in [0.05, 0.1) is 12.7 Å². The van der Waals surface area contributed by atoms with Gasteiger partial charge in [-0.05, 0) is 43.7 Å². The van der Waals surface area contributed by atoms with Crippen molar-refractivity contribution in [3.8, 4) is 5.75 Å². The van der Waals surface area contributed by atoms with E-state index >= 15 is 0 Å². The van der Waals surface area contributed by atoms with Crippen molar-refractivity contribution in [1.29, 1.82) is 0 Å². The molecule has 0 aliphatic carbocycles. The summed E-state index contributed by atoms with van der Waals surface area (Å²) in [6, 6.07) is 10.1. The van der Waals surface area contributed by atoms with Gasteiger partial charge in [-0.15, -0.1) is 0 Å². The van der Waals surface area contributed by atoms with E-state index in [0.29, 0.717) is 16.3 Å². The largest absolute Gasteiger partial charge is 0.496 e. The number of nitrogens with one attached hydrogen (secondary N) is 2. The summed E-state index contributed by atoms with van der Waals surface area (Å²) >= 11 is 5.86. The standard InChI is InChI=1S/C17H17ClN2O3/c1-10-4-6-13(11(2)8-10)16(21)19-20-17(22)14-7-5-12(18)9-15(14)23-3/h4-9H,1-3H3,(H,19,21)(H,20,22). The van der Waals surface area contributed by atoms with Gasteiger partial charge in [-0.1, -0.05) is 29.3 Å². The highest BCUT2D eigenvalue weighted by Crippen LogP contribution is 2.22. The molecule has 0 radical (unpaired) electrons. The first-order valence-electron chi connectivity index (χ1n) is 6.94. The Morgan fingerprint density at radius 1 is 0.957 bits per heavy atom. The topological polar surface area (TPSA) is 67.4 Å². The van der Waals surface area contributed by atoms with Gasteiger partial charge in [0, 0.05) is 10.6 Å². The number of methoxy groups -OCH3 is 1. The van der Waals surface area contributed by atoms with Gasteiger partial charge in [0.1, 0.15) is 5.75 Å². The average molecular weight is 333 g/mol. The predicted octanol–water partition coefficient (Wildman–Crippen LogP) is 3.04. The van der Waals surface area contributed by atoms with Crippen molar-refractivity contribution in [2.24, 2.45) is 0 Å². The van der Waals surface area contributed by atoms with E-state index in [1.54, 1.807) is 12.1 Å². The number of amides is 2. The minimum Gasteiger partial charge on any atom is -0.496 e. The fourth-order valence-electron chi connectivity index (χ4n) is 2.17. The van der Waals surface area contributed by atoms with Crippen LogP contribution in [0.3, 0.4) is 0 Å². The van der Waals surface area contributed by atoms with Crippen LogP contribution in [0.1, 0.15) is 31.8 Å². The first-order valence-corrected chi connectivity index (χ1v) is 7.31. The van der Waals surface area contributed by atoms with Crippen LogP contribution in [-0.4, -0.2) is 18.9 Å². The third-order valence-corrected chi connectivity index (χ3v) is 3.56. The highest BCUT2D eigenvalue weighted by atomic mass is 35.5. The number of aryl methyl sites for hydroxylation is 2. The minimum atomic E-state index is -0.489. The Kier molecular flexibility index (Phi) is 5.24. The number of rotatable bonds is 3. The van der Waals surface area contributed by atoms with Crippen LogP contribution in [-0.2, 0) is 0 Å². The van der Waals surface area contributed by atoms with Crippen molar-refractivity contribution in [2.45, 2.75) is 13.8 Å². The number of carbonyl (C=O) groups excluding carboxylic acids is 2. The zero-order chi connectivity index (χ0) is 17.0. The molecule has 6 heteroatoms. The number of hydrogen-bond acceptors (Lipinski definition) is 3. The summed E-state index contributed by atoms with van der Waals surface area (Å²) < 4.78 is 5.11. The number of ether oxygens (including phenoxy) is 1. The van der Waals surface area contributed by atoms with E-state index in [9.17, 15) is 9.59 Å². The monoisotopic (exact) mass is 332 g/mol. The minimum absolute atomic E-state index is 0.276. The van der Waals surface area contributed by atoms with E-state index in [2.05, 4.69) is 10.9 Å². The molecule has 120 valence electrons. The van der Waals surface area contributed by atoms with Crippen LogP contribution in [0.15, 0.2) is 36.4 Å². The van der Waals surface area contributed by atoms with Crippen LogP contribution in [0.5, 0.6) is 5.75 Å². The molecule has 2 aromatic carbocycles. The molecule has 0 atom stereocenters. The normalized spacial score (nSPS) is 10.1. The second-order valence-corrected chi connectivity index (χ2v) is 5.51. The van der Waals surface area contributed by atoms with Crippen molar-refractivity contribution < 1.29 is 14.3 Å². The Hall–Kier alpha value is -2.53. The number of carbonyl (C=O) groups is 2. The van der Waals surface area contributed by atoms with Gasteiger partial charge in [-0.25, -0.2) is 0 Å². The summed E-state index contributed by atoms with van der Waals surface area (Å²) in [6.07, 6.45) is 0. The lowest BCUT2D eigenvalue weighted by atomic mass is 10.1. The molecule has 2 rings (SSSR count). The molecule has 0 spiro atoms. The Bertz CT molecular complexity index is 759. The molecule has 0 aliphatic heterocycles. The Morgan fingerprint density at radius 3 is 2.17 bits per heavy atom. The summed E-state index contributed by atoms with van der Waals surface area (Å²) in [5, 5.41) is 0.456. The van der Waals surface area contributed by atoms with Crippen molar-refractivity contribution in [1.82, 2.24) is 10.9 Å². The van der Waals surface area contributed by atoms with Crippen LogP contribution < -0.4 is 15.6 Å². The highest BCUT2D eigenvalue weighted by molar-refractivity contribution is 6.30. The first-order chi connectivity index (χ1) is 10.9. The molecular weight excluding hydrogens is 316 g/mol. The summed E-state index contributed by atoms with van der Waals surface area (Å²) in [4.78, 5) is 24.3. The van der Waals surface area contributed by atoms with Crippen LogP contribution in [0.4, 0.5) is 0 Å². The average Bonchev–Trinajstić information content (AvgIpc) is 2.52. The maximum Gasteiger partial charge on any atom is 0.273 e. The molecule has 0 saturated carbocycles. The molecule has 0 bridgehead atoms. The number of halogens is 1. The summed E-state index contributed by atoms with van der Waals surface area (Å²) in [6.45, 7) is 3.79. The molecule has 5 nitrogen and oxygen atoms in total. The second-order valence-electron chi connectivity index (χ2n) is 5.07. The fourth-order valence-corrected chi connectivity index (χ4v) is 2.33. The van der Waals surface area contributed by atoms with Crippen LogP contribution in [0.2, 0.25) is 5.02 Å². The van der Waals surface area contributed by atoms with Crippen molar-refractivity contribution in [2.75, 3.05) is 7.11 Å². The molecule has 2 amide bonds. The van der Waals surface area contributed by atoms with E-state index in [4.69, 9.17) is 16.3 Å². The first kappa shape index (κ1) is 16.8. The second kappa shape index (κ2) is 7.15. The summed E-state index contributed by atoms with van der Waals surface area (Å²) in [7, 11) is 1.44. The maximum atomic E-state index is 12.2. The third kappa shape index (κ3) is 4.02. The third-order valence-electron chi connectivity index (χ3n) is 3.32. The molecule has 0 heterocycles. The van der Waals surface area contributed by atoms with Gasteiger partial charge >= 0.3 is 0 Å². The van der Waals surface area contributed by atoms with E-state index in [-0.39, 0.29) is 11.5 Å². The molecule has 0 fully saturated rings. The Morgan fingerprint density at radius 2 is 1.57 bits per heavy atom. The lowest BCUT2D eigenvalue weighted by Crippen LogP contribution is -2.42. The Labute approximate surface area is 139 Å². The van der Waals surface area contributed by atoms with Crippen LogP contribution in [0.25, 0.3) is 0 Å². The molecule has 0 aromatic heterocycles. The summed E-state index contributed by atoms with van der Waals surface area (Å²) in [5.41, 5.74) is 7.44. The van der Waals surface area contributed by atoms with Gasteiger partial charge < -0.3 is 4.74 Å². The van der Waals surface area contributed by atoms with Crippen LogP contribution >= 0.6 is 11.6 Å². The van der Waals surface area contributed by atoms with Gasteiger partial charge in [0.2, 0.25) is 0 Å². The van der Waals surface area contributed by atoms with E-state index in [1.807, 2.05) is 26.0 Å². The zero-order valence-corrected chi connectivity index (χ0v) is 13.8. The fraction of sp³-hybridized carbons (Fsp3) is 0.176. The molecule has 0 unspecified atom stereocenters. The SMILES string of the molecule is COc1cc(Cl)ccc1C(=O)NNC(=O)c1ccc(C)cc1C. The van der Waals surface area contributed by atoms with Gasteiger partial charge in [0.25, 0.3) is 11.8 Å². The summed E-state index contributed by atoms with van der Waals surface area (Å²) in [5.74, 6) is -0.545. The molecule has 23 heavy (non-hydrogen) atoms. The molecule has 0 saturated heterocycles. The maximum absolute atomic E-state index is 12.2. The van der Waals surface area contributed by atoms with Crippen LogP contribution in [0, 0.1) is 13.8 Å². The van der Waals surface area contributed by atoms with E-state index in [0.717, 1.165) is 11.1 Å². The number of hydrazine groups is 1. The van der Waals surface area contributed by atoms with Gasteiger partial charge in [-0.2, -0.15) is 0 Å². The highest BCUT2D eigenvalue weighted by Gasteiger charge is 2.15. The molecular formula is C17H17ClN2O3. The zero-order valence-electron chi connectivity index (χ0n) is 13.1. The van der Waals surface area contributed by atoms with Gasteiger partial charge in [0.15, 0.2) is 0 Å². The quantitative estimate of drug-likeness (QED) is 0.849. The van der Waals surface area contributed by atoms with Crippen molar-refractivity contribution in [3.63, 3.8) is 0 Å².